The number of aromatic nitrogens is 15. The number of ketones is 1. The number of thiophene rings is 1. The van der Waals surface area contributed by atoms with Gasteiger partial charge in [0.1, 0.15) is 37.0 Å². The molecule has 99 heavy (non-hydrogen) atoms. The lowest BCUT2D eigenvalue weighted by Crippen LogP contribution is -2.40. The van der Waals surface area contributed by atoms with Crippen molar-refractivity contribution in [1.82, 2.24) is 78.5 Å². The maximum absolute atomic E-state index is 12.3. The number of allylic oxidation sites excluding steroid dienone is 1. The standard InChI is InChI=1S/C19H26N4O4.C17H25N5O4.C16H23N5O4.C14H16N2O4S/c1-12-9-22(18(26)8-16(12)25)19-7-15(17(11-24)27-19)23-10-14(20-21-23)6-13-4-2-3-5-13;1-3-4-5-6-12-9-22(20-19-12)13-7-15(26-14(13)10-23)21-8-11(2)16(24)18-17(21)25;1-9-6-20(15(24)17-14(9)23)13-5-10(11(8-22)25-13)21-7-12(18-19-21)16(2,3)4;17-6-9-3-10(4-12(9)18)16-5-11(8-1-2-21-7-8)13(19)15-14(16)20/h9-10,13,15,17,19,24H,2-8,11H2,1H3;8-9,13-15,23H,3-7,10H2,1-2H3,(H,18,24,25);6-7,10-11,13,22H,5,8H2,1-4H3,(H,17,23,24);1-2,5,7,9-10,12,17-18H,3-4,6H2,(H,15,19,20)/t15-,17+,19+;13-,14?,15?;10-,11-,13-;9-,10-,12+/m0000/s1. The number of aliphatic hydroxyl groups is 5. The summed E-state index contributed by atoms with van der Waals surface area (Å²) in [5.41, 5.74) is 2.41. The van der Waals surface area contributed by atoms with Crippen LogP contribution in [0.2, 0.25) is 0 Å². The number of H-pyrrole nitrogens is 3. The fourth-order valence-corrected chi connectivity index (χ4v) is 14.1. The van der Waals surface area contributed by atoms with E-state index in [0.717, 1.165) is 54.7 Å². The molecule has 0 radical (unpaired) electrons. The lowest BCUT2D eigenvalue weighted by Gasteiger charge is -2.28. The number of unbranched alkanes of at least 4 members (excludes halogenated alkanes) is 2. The van der Waals surface area contributed by atoms with Crippen molar-refractivity contribution < 1.29 is 49.3 Å². The number of carbonyl (C=O) groups is 2. The normalized spacial score (nSPS) is 25.5. The minimum atomic E-state index is -0.622. The molecule has 2 unspecified atom stereocenters. The number of aliphatic hydroxyl groups excluding tert-OH is 5. The van der Waals surface area contributed by atoms with Crippen molar-refractivity contribution >= 4 is 23.0 Å². The van der Waals surface area contributed by atoms with Gasteiger partial charge in [-0.05, 0) is 81.2 Å². The molecule has 1 amide bonds. The summed E-state index contributed by atoms with van der Waals surface area (Å²) in [6.07, 6.45) is 20.4. The van der Waals surface area contributed by atoms with E-state index < -0.39 is 76.8 Å². The molecule has 8 N–H and O–H groups in total. The van der Waals surface area contributed by atoms with Gasteiger partial charge < -0.3 is 39.7 Å². The van der Waals surface area contributed by atoms with E-state index in [0.29, 0.717) is 60.3 Å². The molecule has 2 aliphatic carbocycles. The summed E-state index contributed by atoms with van der Waals surface area (Å²) in [5.74, 6) is 0.0391. The van der Waals surface area contributed by atoms with E-state index in [1.54, 1.807) is 47.2 Å². The molecule has 5 fully saturated rings. The molecule has 0 aromatic carbocycles. The molecule has 32 nitrogen and oxygen atoms in total. The number of aromatic amines is 3. The Kier molecular flexibility index (Phi) is 24.0. The van der Waals surface area contributed by atoms with E-state index in [2.05, 4.69) is 52.8 Å². The Hall–Kier alpha value is -8.28. The molecule has 3 saturated heterocycles. The molecular weight excluding hydrogens is 1300 g/mol. The predicted molar refractivity (Wildman–Crippen MR) is 358 cm³/mol. The summed E-state index contributed by atoms with van der Waals surface area (Å²) in [5, 5.41) is 77.2. The molecule has 0 bridgehead atoms. The summed E-state index contributed by atoms with van der Waals surface area (Å²) in [7, 11) is 0. The quantitative estimate of drug-likeness (QED) is 0.0452. The van der Waals surface area contributed by atoms with Gasteiger partial charge in [-0.2, -0.15) is 11.3 Å². The first kappa shape index (κ1) is 73.4. The third kappa shape index (κ3) is 17.3. The number of nitrogens with one attached hydrogen (secondary N) is 3. The van der Waals surface area contributed by atoms with Crippen molar-refractivity contribution in [3.63, 3.8) is 0 Å². The largest absolute Gasteiger partial charge is 0.396 e. The van der Waals surface area contributed by atoms with Gasteiger partial charge in [0.2, 0.25) is 5.91 Å². The molecule has 2 saturated carbocycles. The van der Waals surface area contributed by atoms with Crippen molar-refractivity contribution in [2.45, 2.75) is 217 Å². The summed E-state index contributed by atoms with van der Waals surface area (Å²) < 4.78 is 26.9. The van der Waals surface area contributed by atoms with E-state index in [9.17, 15) is 63.9 Å². The Labute approximate surface area is 571 Å². The number of carbonyl (C=O) groups excluding carboxylic acids is 2. The van der Waals surface area contributed by atoms with E-state index >= 15 is 0 Å². The van der Waals surface area contributed by atoms with Crippen LogP contribution in [-0.4, -0.2) is 173 Å². The Bertz CT molecular complexity index is 4300. The zero-order chi connectivity index (χ0) is 71.0. The van der Waals surface area contributed by atoms with Gasteiger partial charge in [-0.1, -0.05) is 81.9 Å². The lowest BCUT2D eigenvalue weighted by atomic mass is 9.93. The average molecular weight is 1400 g/mol. The topological polar surface area (TPSA) is 423 Å². The highest BCUT2D eigenvalue weighted by Crippen LogP contribution is 2.39. The van der Waals surface area contributed by atoms with Crippen LogP contribution in [0.25, 0.3) is 11.1 Å². The van der Waals surface area contributed by atoms with Crippen LogP contribution < -0.4 is 33.7 Å². The van der Waals surface area contributed by atoms with Gasteiger partial charge >= 0.3 is 17.1 Å². The number of nitrogens with zero attached hydrogens (tertiary/aromatic N) is 13. The molecule has 0 spiro atoms. The minimum absolute atomic E-state index is 0.104. The number of ether oxygens (including phenoxy) is 3. The second-order valence-corrected chi connectivity index (χ2v) is 28.2. The van der Waals surface area contributed by atoms with Crippen LogP contribution in [-0.2, 0) is 42.1 Å². The van der Waals surface area contributed by atoms with Crippen LogP contribution in [0.3, 0.4) is 0 Å². The van der Waals surface area contributed by atoms with Gasteiger partial charge in [-0.25, -0.2) is 28.4 Å². The Morgan fingerprint density at radius 3 is 1.66 bits per heavy atom. The van der Waals surface area contributed by atoms with Crippen LogP contribution in [0.15, 0.2) is 94.5 Å². The summed E-state index contributed by atoms with van der Waals surface area (Å²) in [4.78, 5) is 104. The fourth-order valence-electron chi connectivity index (χ4n) is 13.4. The minimum Gasteiger partial charge on any atom is -0.396 e. The van der Waals surface area contributed by atoms with Crippen molar-refractivity contribution in [3.05, 3.63) is 157 Å². The van der Waals surface area contributed by atoms with Crippen LogP contribution >= 0.6 is 11.3 Å². The van der Waals surface area contributed by atoms with Gasteiger partial charge in [0.25, 0.3) is 16.7 Å². The number of rotatable bonds is 18. The first-order valence-electron chi connectivity index (χ1n) is 33.7. The maximum Gasteiger partial charge on any atom is 0.330 e. The molecule has 4 aliphatic heterocycles. The highest BCUT2D eigenvalue weighted by atomic mass is 32.1. The van der Waals surface area contributed by atoms with Crippen molar-refractivity contribution in [2.75, 3.05) is 26.4 Å². The van der Waals surface area contributed by atoms with Crippen LogP contribution in [0, 0.1) is 25.7 Å². The number of hydrogen-bond acceptors (Lipinski definition) is 23. The number of Topliss-reactive ketones (excluding diaryl/α,β-unsaturated/α-hetero) is 1. The first-order chi connectivity index (χ1) is 47.4. The molecule has 6 aliphatic rings. The third-order valence-electron chi connectivity index (χ3n) is 19.2. The van der Waals surface area contributed by atoms with Crippen LogP contribution in [0.5, 0.6) is 0 Å². The van der Waals surface area contributed by atoms with Crippen molar-refractivity contribution in [3.8, 4) is 11.1 Å². The van der Waals surface area contributed by atoms with Crippen molar-refractivity contribution in [1.29, 1.82) is 0 Å². The number of aryl methyl sites for hydroxylation is 3. The Morgan fingerprint density at radius 2 is 1.13 bits per heavy atom. The van der Waals surface area contributed by atoms with Gasteiger partial charge in [0, 0.05) is 103 Å². The molecule has 536 valence electrons. The average Bonchev–Trinajstić information content (AvgIpc) is 1.70. The SMILES string of the molecule is CC1=CN([C@H]2C[C@H](n3cc(CC4CCCC4)nn3)[C@@H](CO)O2)C(=O)CC1=O.CCCCCc1cn([C@H]2CC(n3cc(C)c(=O)[nH]c3=O)OC2CO)nn1.Cc1cn([C@@H]2C[C@H](n3cc(C(C)(C)C)nn3)[C@H](CO)O2)c(=O)[nH]c1=O.O=c1[nH]c(=O)n([C@H]2C[C@@H](CO)[C@H](O)C2)cc1-c1ccsc1. The zero-order valence-corrected chi connectivity index (χ0v) is 57.5. The second kappa shape index (κ2) is 32.4. The fraction of sp³-hybridized carbons (Fsp3) is 0.606. The van der Waals surface area contributed by atoms with E-state index in [1.165, 1.54) is 68.0 Å². The molecule has 7 aromatic heterocycles. The molecule has 33 heteroatoms. The van der Waals surface area contributed by atoms with Gasteiger partial charge in [0.15, 0.2) is 5.78 Å². The maximum atomic E-state index is 12.3. The number of hydrogen-bond donors (Lipinski definition) is 8. The number of amides is 1. The van der Waals surface area contributed by atoms with Gasteiger partial charge in [-0.3, -0.25) is 57.5 Å². The Balaban J connectivity index is 0.000000143. The van der Waals surface area contributed by atoms with Gasteiger partial charge in [-0.15, -0.1) is 15.3 Å². The highest BCUT2D eigenvalue weighted by Gasteiger charge is 2.44. The first-order valence-corrected chi connectivity index (χ1v) is 34.7. The Morgan fingerprint density at radius 1 is 0.606 bits per heavy atom. The molecule has 7 aromatic rings. The summed E-state index contributed by atoms with van der Waals surface area (Å²) in [6.45, 7) is 12.6. The molecular formula is C66H90N16O16S. The zero-order valence-electron chi connectivity index (χ0n) is 56.7. The summed E-state index contributed by atoms with van der Waals surface area (Å²) >= 11 is 1.48. The predicted octanol–water partition coefficient (Wildman–Crippen LogP) is 2.88. The van der Waals surface area contributed by atoms with E-state index in [-0.39, 0.29) is 80.0 Å². The smallest absolute Gasteiger partial charge is 0.330 e. The molecule has 12 atom stereocenters. The lowest BCUT2D eigenvalue weighted by molar-refractivity contribution is -0.144. The van der Waals surface area contributed by atoms with Gasteiger partial charge in [0.05, 0.1) is 73.1 Å². The molecule has 11 heterocycles. The van der Waals surface area contributed by atoms with E-state index in [1.807, 2.05) is 56.2 Å². The van der Waals surface area contributed by atoms with Crippen molar-refractivity contribution in [2.24, 2.45) is 11.8 Å². The van der Waals surface area contributed by atoms with E-state index in [4.69, 9.17) is 14.2 Å². The second-order valence-electron chi connectivity index (χ2n) is 27.4. The van der Waals surface area contributed by atoms with Crippen LogP contribution in [0.1, 0.15) is 183 Å². The summed E-state index contributed by atoms with van der Waals surface area (Å²) in [6, 6.07) is 0.946. The highest BCUT2D eigenvalue weighted by molar-refractivity contribution is 7.08. The monoisotopic (exact) mass is 1390 g/mol. The third-order valence-corrected chi connectivity index (χ3v) is 19.9. The van der Waals surface area contributed by atoms with Crippen LogP contribution in [0.4, 0.5) is 0 Å². The molecule has 13 rings (SSSR count).